The first-order valence-electron chi connectivity index (χ1n) is 10.7. The van der Waals surface area contributed by atoms with Crippen molar-refractivity contribution >= 4 is 17.6 Å². The number of ether oxygens (including phenoxy) is 2. The van der Waals surface area contributed by atoms with Gasteiger partial charge in [-0.05, 0) is 36.5 Å². The van der Waals surface area contributed by atoms with E-state index >= 15 is 0 Å². The molecule has 0 radical (unpaired) electrons. The second-order valence-corrected chi connectivity index (χ2v) is 7.92. The lowest BCUT2D eigenvalue weighted by Gasteiger charge is -2.28. The molecule has 0 aromatic heterocycles. The molecule has 7 nitrogen and oxygen atoms in total. The number of benzene rings is 1. The number of amides is 3. The van der Waals surface area contributed by atoms with Crippen LogP contribution in [0.1, 0.15) is 38.2 Å². The molecular formula is C22H33N3O4. The smallest absolute Gasteiger partial charge is 0.319 e. The third kappa shape index (κ3) is 7.01. The molecule has 1 heterocycles. The molecular weight excluding hydrogens is 370 g/mol. The highest BCUT2D eigenvalue weighted by Crippen LogP contribution is 2.25. The molecule has 7 heteroatoms. The minimum absolute atomic E-state index is 0.110. The van der Waals surface area contributed by atoms with Gasteiger partial charge < -0.3 is 25.0 Å². The minimum Gasteiger partial charge on any atom is -0.378 e. The van der Waals surface area contributed by atoms with Crippen LogP contribution in [0.3, 0.4) is 0 Å². The maximum Gasteiger partial charge on any atom is 0.319 e. The molecule has 29 heavy (non-hydrogen) atoms. The standard InChI is InChI=1S/C22H33N3O4/c1-17-4-2-3-5-20(17)29-13-10-23-22(27)24-19-8-6-18(7-9-19)16-21(26)25-11-14-28-15-12-25/h6-9,17,20H,2-5,10-16H2,1H3,(H2,23,24,27). The number of rotatable bonds is 7. The van der Waals surface area contributed by atoms with E-state index in [0.29, 0.717) is 63.6 Å². The molecule has 3 rings (SSSR count). The van der Waals surface area contributed by atoms with Gasteiger partial charge in [0, 0.05) is 25.3 Å². The van der Waals surface area contributed by atoms with E-state index in [0.717, 1.165) is 12.0 Å². The minimum atomic E-state index is -0.248. The molecule has 2 aliphatic rings. The lowest BCUT2D eigenvalue weighted by Crippen LogP contribution is -2.41. The van der Waals surface area contributed by atoms with Gasteiger partial charge in [0.2, 0.25) is 5.91 Å². The number of carbonyl (C=O) groups is 2. The SMILES string of the molecule is CC1CCCCC1OCCNC(=O)Nc1ccc(CC(=O)N2CCOCC2)cc1. The lowest BCUT2D eigenvalue weighted by atomic mass is 9.88. The summed E-state index contributed by atoms with van der Waals surface area (Å²) in [5.74, 6) is 0.713. The lowest BCUT2D eigenvalue weighted by molar-refractivity contribution is -0.134. The van der Waals surface area contributed by atoms with E-state index in [1.807, 2.05) is 29.2 Å². The predicted molar refractivity (Wildman–Crippen MR) is 112 cm³/mol. The Morgan fingerprint density at radius 2 is 1.86 bits per heavy atom. The number of nitrogens with one attached hydrogen (secondary N) is 2. The maximum absolute atomic E-state index is 12.3. The van der Waals surface area contributed by atoms with Crippen LogP contribution in [0.15, 0.2) is 24.3 Å². The van der Waals surface area contributed by atoms with Crippen molar-refractivity contribution in [3.8, 4) is 0 Å². The van der Waals surface area contributed by atoms with Gasteiger partial charge in [0.15, 0.2) is 0 Å². The number of nitrogens with zero attached hydrogens (tertiary/aromatic N) is 1. The second-order valence-electron chi connectivity index (χ2n) is 7.92. The number of hydrogen-bond donors (Lipinski definition) is 2. The van der Waals surface area contributed by atoms with Crippen molar-refractivity contribution < 1.29 is 19.1 Å². The van der Waals surface area contributed by atoms with Crippen LogP contribution >= 0.6 is 0 Å². The molecule has 160 valence electrons. The highest BCUT2D eigenvalue weighted by atomic mass is 16.5. The summed E-state index contributed by atoms with van der Waals surface area (Å²) in [6.07, 6.45) is 5.56. The summed E-state index contributed by atoms with van der Waals surface area (Å²) in [5, 5.41) is 5.64. The molecule has 2 fully saturated rings. The molecule has 0 bridgehead atoms. The van der Waals surface area contributed by atoms with Crippen LogP contribution in [0.25, 0.3) is 0 Å². The molecule has 3 amide bonds. The number of urea groups is 1. The van der Waals surface area contributed by atoms with Gasteiger partial charge in [-0.2, -0.15) is 0 Å². The zero-order valence-electron chi connectivity index (χ0n) is 17.3. The van der Waals surface area contributed by atoms with Crippen molar-refractivity contribution in [2.75, 3.05) is 44.8 Å². The van der Waals surface area contributed by atoms with Gasteiger partial charge in [0.1, 0.15) is 0 Å². The molecule has 1 saturated carbocycles. The van der Waals surface area contributed by atoms with Gasteiger partial charge in [0.05, 0.1) is 32.3 Å². The number of carbonyl (C=O) groups excluding carboxylic acids is 2. The summed E-state index contributed by atoms with van der Waals surface area (Å²) < 4.78 is 11.2. The summed E-state index contributed by atoms with van der Waals surface area (Å²) in [7, 11) is 0. The highest BCUT2D eigenvalue weighted by Gasteiger charge is 2.21. The Kier molecular flexibility index (Phi) is 8.31. The van der Waals surface area contributed by atoms with E-state index < -0.39 is 0 Å². The molecule has 2 unspecified atom stereocenters. The topological polar surface area (TPSA) is 79.9 Å². The summed E-state index contributed by atoms with van der Waals surface area (Å²) in [5.41, 5.74) is 1.63. The fraction of sp³-hybridized carbons (Fsp3) is 0.636. The van der Waals surface area contributed by atoms with Crippen LogP contribution in [0.4, 0.5) is 10.5 Å². The van der Waals surface area contributed by atoms with E-state index in [2.05, 4.69) is 17.6 Å². The number of morpholine rings is 1. The van der Waals surface area contributed by atoms with E-state index in [4.69, 9.17) is 9.47 Å². The van der Waals surface area contributed by atoms with E-state index in [9.17, 15) is 9.59 Å². The van der Waals surface area contributed by atoms with Crippen LogP contribution in [-0.4, -0.2) is 62.4 Å². The van der Waals surface area contributed by atoms with E-state index in [1.165, 1.54) is 19.3 Å². The summed E-state index contributed by atoms with van der Waals surface area (Å²) in [6, 6.07) is 7.15. The van der Waals surface area contributed by atoms with Gasteiger partial charge in [0.25, 0.3) is 0 Å². The van der Waals surface area contributed by atoms with Crippen LogP contribution in [0.5, 0.6) is 0 Å². The Morgan fingerprint density at radius 1 is 1.14 bits per heavy atom. The molecule has 1 saturated heterocycles. The van der Waals surface area contributed by atoms with Crippen molar-refractivity contribution in [3.63, 3.8) is 0 Å². The van der Waals surface area contributed by atoms with Crippen molar-refractivity contribution in [1.29, 1.82) is 0 Å². The predicted octanol–water partition coefficient (Wildman–Crippen LogP) is 2.80. The zero-order chi connectivity index (χ0) is 20.5. The zero-order valence-corrected chi connectivity index (χ0v) is 17.3. The maximum atomic E-state index is 12.3. The molecule has 1 aliphatic carbocycles. The molecule has 0 spiro atoms. The van der Waals surface area contributed by atoms with E-state index in [1.54, 1.807) is 0 Å². The van der Waals surface area contributed by atoms with Gasteiger partial charge in [-0.15, -0.1) is 0 Å². The first-order valence-corrected chi connectivity index (χ1v) is 10.7. The first kappa shape index (κ1) is 21.6. The van der Waals surface area contributed by atoms with Crippen LogP contribution in [0, 0.1) is 5.92 Å². The van der Waals surface area contributed by atoms with Crippen molar-refractivity contribution in [3.05, 3.63) is 29.8 Å². The average molecular weight is 404 g/mol. The number of anilines is 1. The Morgan fingerprint density at radius 3 is 2.59 bits per heavy atom. The fourth-order valence-electron chi connectivity index (χ4n) is 3.89. The molecule has 2 N–H and O–H groups in total. The Labute approximate surface area is 173 Å². The summed E-state index contributed by atoms with van der Waals surface area (Å²) in [6.45, 7) is 5.78. The van der Waals surface area contributed by atoms with Gasteiger partial charge in [-0.3, -0.25) is 4.79 Å². The molecule has 1 aromatic rings. The Balaban J connectivity index is 1.34. The molecule has 1 aromatic carbocycles. The Bertz CT molecular complexity index is 659. The van der Waals surface area contributed by atoms with Gasteiger partial charge in [-0.25, -0.2) is 4.79 Å². The Hall–Kier alpha value is -2.12. The largest absolute Gasteiger partial charge is 0.378 e. The van der Waals surface area contributed by atoms with Gasteiger partial charge >= 0.3 is 6.03 Å². The summed E-state index contributed by atoms with van der Waals surface area (Å²) >= 11 is 0. The van der Waals surface area contributed by atoms with Crippen molar-refractivity contribution in [2.45, 2.75) is 45.1 Å². The third-order valence-corrected chi connectivity index (χ3v) is 5.68. The highest BCUT2D eigenvalue weighted by molar-refractivity contribution is 5.89. The van der Waals surface area contributed by atoms with Crippen LogP contribution in [0.2, 0.25) is 0 Å². The van der Waals surface area contributed by atoms with E-state index in [-0.39, 0.29) is 11.9 Å². The van der Waals surface area contributed by atoms with Crippen LogP contribution in [-0.2, 0) is 20.7 Å². The van der Waals surface area contributed by atoms with Crippen LogP contribution < -0.4 is 10.6 Å². The normalized spacial score (nSPS) is 22.2. The second kappa shape index (κ2) is 11.2. The fourth-order valence-corrected chi connectivity index (χ4v) is 3.89. The molecule has 2 atom stereocenters. The van der Waals surface area contributed by atoms with Crippen molar-refractivity contribution in [1.82, 2.24) is 10.2 Å². The quantitative estimate of drug-likeness (QED) is 0.686. The molecule has 1 aliphatic heterocycles. The van der Waals surface area contributed by atoms with Gasteiger partial charge in [-0.1, -0.05) is 31.9 Å². The monoisotopic (exact) mass is 403 g/mol. The summed E-state index contributed by atoms with van der Waals surface area (Å²) in [4.78, 5) is 26.2. The average Bonchev–Trinajstić information content (AvgIpc) is 2.74. The first-order chi connectivity index (χ1) is 14.1. The van der Waals surface area contributed by atoms with Crippen molar-refractivity contribution in [2.24, 2.45) is 5.92 Å². The third-order valence-electron chi connectivity index (χ3n) is 5.68. The number of hydrogen-bond acceptors (Lipinski definition) is 4.